The molecule has 13 heteroatoms. The average molecular weight is 646 g/mol. The molecule has 2 aromatic carbocycles. The van der Waals surface area contributed by atoms with Gasteiger partial charge < -0.3 is 33.6 Å². The van der Waals surface area contributed by atoms with E-state index in [-0.39, 0.29) is 12.2 Å². The number of carbonyl (C=O) groups excluding carboxylic acids is 2. The van der Waals surface area contributed by atoms with E-state index in [9.17, 15) is 22.8 Å². The standard InChI is InChI=1S/C33H38F3N3O7/c1-30(2,3)45-28(40)26(38-29(41)46-31(4,5)6)24-16-23(19-10-12-20(13-11-19)44-33(34,35)36)27-25(37-18-39(27)9)22(24)15-14-21-17-42-32(7,8)43-21/h10-13,16,18,21,26H,17H2,1-9H3,(H,38,41)/t21-,26?/m0/s1. The van der Waals surface area contributed by atoms with Crippen molar-refractivity contribution in [3.63, 3.8) is 0 Å². The number of rotatable bonds is 5. The number of benzene rings is 2. The maximum atomic E-state index is 13.8. The number of carbonyl (C=O) groups is 2. The van der Waals surface area contributed by atoms with Gasteiger partial charge in [0.25, 0.3) is 0 Å². The highest BCUT2D eigenvalue weighted by Crippen LogP contribution is 2.37. The topological polar surface area (TPSA) is 110 Å². The second-order valence-corrected chi connectivity index (χ2v) is 13.2. The molecule has 1 aliphatic rings. The Hall–Kier alpha value is -4.28. The molecule has 2 atom stereocenters. The second-order valence-electron chi connectivity index (χ2n) is 13.2. The molecule has 10 nitrogen and oxygen atoms in total. The third-order valence-corrected chi connectivity index (χ3v) is 6.40. The summed E-state index contributed by atoms with van der Waals surface area (Å²) in [6, 6.07) is 5.48. The lowest BCUT2D eigenvalue weighted by Gasteiger charge is -2.27. The first-order valence-electron chi connectivity index (χ1n) is 14.5. The lowest BCUT2D eigenvalue weighted by atomic mass is 9.92. The summed E-state index contributed by atoms with van der Waals surface area (Å²) in [5.74, 6) is 4.12. The summed E-state index contributed by atoms with van der Waals surface area (Å²) in [4.78, 5) is 31.5. The van der Waals surface area contributed by atoms with Crippen molar-refractivity contribution in [3.05, 3.63) is 47.8 Å². The number of hydrogen-bond donors (Lipinski definition) is 1. The third-order valence-electron chi connectivity index (χ3n) is 6.40. The van der Waals surface area contributed by atoms with E-state index >= 15 is 0 Å². The monoisotopic (exact) mass is 645 g/mol. The summed E-state index contributed by atoms with van der Waals surface area (Å²) < 4.78 is 67.0. The van der Waals surface area contributed by atoms with E-state index in [1.54, 1.807) is 79.4 Å². The van der Waals surface area contributed by atoms with Crippen molar-refractivity contribution >= 4 is 23.1 Å². The van der Waals surface area contributed by atoms with Crippen LogP contribution >= 0.6 is 0 Å². The van der Waals surface area contributed by atoms with E-state index in [0.29, 0.717) is 27.7 Å². The molecule has 1 saturated heterocycles. The number of hydrogen-bond acceptors (Lipinski definition) is 8. The summed E-state index contributed by atoms with van der Waals surface area (Å²) in [6.45, 7) is 13.8. The number of aryl methyl sites for hydroxylation is 1. The lowest BCUT2D eigenvalue weighted by molar-refractivity contribution is -0.274. The van der Waals surface area contributed by atoms with Crippen LogP contribution in [0.15, 0.2) is 36.7 Å². The SMILES string of the molecule is Cn1cnc2c(C#C[C@H]3COC(C)(C)O3)c(C(NC(=O)OC(C)(C)C)C(=O)OC(C)(C)C)cc(-c3ccc(OC(F)(F)F)cc3)c21. The van der Waals surface area contributed by atoms with Gasteiger partial charge >= 0.3 is 18.4 Å². The zero-order valence-corrected chi connectivity index (χ0v) is 27.2. The van der Waals surface area contributed by atoms with Gasteiger partial charge in [0.05, 0.1) is 24.0 Å². The van der Waals surface area contributed by atoms with Gasteiger partial charge in [-0.1, -0.05) is 24.0 Å². The largest absolute Gasteiger partial charge is 0.573 e. The molecule has 2 heterocycles. The fraction of sp³-hybridized carbons (Fsp3) is 0.485. The molecular formula is C33H38F3N3O7. The average Bonchev–Trinajstić information content (AvgIpc) is 3.44. The fourth-order valence-corrected chi connectivity index (χ4v) is 4.74. The predicted molar refractivity (Wildman–Crippen MR) is 163 cm³/mol. The van der Waals surface area contributed by atoms with Crippen molar-refractivity contribution in [2.75, 3.05) is 6.61 Å². The van der Waals surface area contributed by atoms with Crippen molar-refractivity contribution in [1.29, 1.82) is 0 Å². The van der Waals surface area contributed by atoms with Crippen molar-refractivity contribution in [1.82, 2.24) is 14.9 Å². The van der Waals surface area contributed by atoms with Gasteiger partial charge in [-0.3, -0.25) is 0 Å². The second kappa shape index (κ2) is 12.5. The number of nitrogens with zero attached hydrogens (tertiary/aromatic N) is 2. The van der Waals surface area contributed by atoms with E-state index in [4.69, 9.17) is 18.9 Å². The number of halogens is 3. The van der Waals surface area contributed by atoms with Crippen LogP contribution in [-0.4, -0.2) is 57.7 Å². The van der Waals surface area contributed by atoms with Gasteiger partial charge in [-0.05, 0) is 79.2 Å². The number of imidazole rings is 1. The molecule has 248 valence electrons. The number of amides is 1. The zero-order valence-electron chi connectivity index (χ0n) is 27.2. The third kappa shape index (κ3) is 8.92. The molecule has 1 N–H and O–H groups in total. The predicted octanol–water partition coefficient (Wildman–Crippen LogP) is 6.55. The van der Waals surface area contributed by atoms with E-state index in [0.717, 1.165) is 0 Å². The minimum absolute atomic E-state index is 0.205. The number of nitrogens with one attached hydrogen (secondary N) is 1. The van der Waals surface area contributed by atoms with E-state index in [2.05, 4.69) is 26.9 Å². The Morgan fingerprint density at radius 1 is 1.07 bits per heavy atom. The number of ether oxygens (including phenoxy) is 5. The number of esters is 1. The van der Waals surface area contributed by atoms with E-state index in [1.165, 1.54) is 24.3 Å². The van der Waals surface area contributed by atoms with Crippen LogP contribution in [0.4, 0.5) is 18.0 Å². The first-order chi connectivity index (χ1) is 21.1. The maximum Gasteiger partial charge on any atom is 0.573 e. The van der Waals surface area contributed by atoms with Gasteiger partial charge in [-0.2, -0.15) is 0 Å². The van der Waals surface area contributed by atoms with Crippen LogP contribution in [0.1, 0.15) is 72.6 Å². The van der Waals surface area contributed by atoms with Crippen LogP contribution in [-0.2, 0) is 30.8 Å². The van der Waals surface area contributed by atoms with Crippen molar-refractivity contribution in [2.24, 2.45) is 7.05 Å². The Morgan fingerprint density at radius 3 is 2.24 bits per heavy atom. The van der Waals surface area contributed by atoms with Crippen molar-refractivity contribution < 1.29 is 46.4 Å². The minimum atomic E-state index is -4.86. The van der Waals surface area contributed by atoms with E-state index in [1.807, 2.05) is 0 Å². The van der Waals surface area contributed by atoms with Crippen LogP contribution in [0.5, 0.6) is 5.75 Å². The number of fused-ring (bicyclic) bond motifs is 1. The molecular weight excluding hydrogens is 607 g/mol. The summed E-state index contributed by atoms with van der Waals surface area (Å²) in [7, 11) is 1.75. The first kappa shape index (κ1) is 34.6. The maximum absolute atomic E-state index is 13.8. The molecule has 3 aromatic rings. The van der Waals surface area contributed by atoms with Crippen molar-refractivity contribution in [2.45, 2.75) is 90.9 Å². The Bertz CT molecular complexity index is 1670. The highest BCUT2D eigenvalue weighted by molar-refractivity contribution is 5.98. The molecule has 0 spiro atoms. The summed E-state index contributed by atoms with van der Waals surface area (Å²) in [5, 5.41) is 2.64. The van der Waals surface area contributed by atoms with Gasteiger partial charge in [0.1, 0.15) is 28.6 Å². The van der Waals surface area contributed by atoms with Gasteiger partial charge in [0.2, 0.25) is 0 Å². The van der Waals surface area contributed by atoms with Crippen LogP contribution in [0.2, 0.25) is 0 Å². The minimum Gasteiger partial charge on any atom is -0.458 e. The van der Waals surface area contributed by atoms with Crippen LogP contribution in [0.25, 0.3) is 22.2 Å². The summed E-state index contributed by atoms with van der Waals surface area (Å²) in [6.07, 6.45) is -4.79. The Morgan fingerprint density at radius 2 is 1.70 bits per heavy atom. The van der Waals surface area contributed by atoms with Gasteiger partial charge in [-0.25, -0.2) is 14.6 Å². The number of alkyl carbamates (subject to hydrolysis) is 1. The first-order valence-corrected chi connectivity index (χ1v) is 14.5. The molecule has 4 rings (SSSR count). The van der Waals surface area contributed by atoms with Crippen molar-refractivity contribution in [3.8, 4) is 28.7 Å². The van der Waals surface area contributed by atoms with Gasteiger partial charge in [0, 0.05) is 18.2 Å². The highest BCUT2D eigenvalue weighted by Gasteiger charge is 2.35. The molecule has 0 radical (unpaired) electrons. The Kier molecular flexibility index (Phi) is 9.39. The molecule has 1 aromatic heterocycles. The number of alkyl halides is 3. The van der Waals surface area contributed by atoms with Crippen LogP contribution in [0, 0.1) is 11.8 Å². The molecule has 1 amide bonds. The molecule has 1 unspecified atom stereocenters. The normalized spacial score (nSPS) is 17.2. The molecule has 1 aliphatic heterocycles. The van der Waals surface area contributed by atoms with E-state index < -0.39 is 53.3 Å². The van der Waals surface area contributed by atoms with Crippen LogP contribution < -0.4 is 10.1 Å². The van der Waals surface area contributed by atoms with Gasteiger partial charge in [0.15, 0.2) is 11.8 Å². The molecule has 0 saturated carbocycles. The molecule has 0 bridgehead atoms. The summed E-state index contributed by atoms with van der Waals surface area (Å²) in [5.41, 5.74) is 0.642. The number of aromatic nitrogens is 2. The highest BCUT2D eigenvalue weighted by atomic mass is 19.4. The Balaban J connectivity index is 1.96. The Labute approximate surface area is 265 Å². The lowest BCUT2D eigenvalue weighted by Crippen LogP contribution is -2.41. The quantitative estimate of drug-likeness (QED) is 0.246. The molecule has 46 heavy (non-hydrogen) atoms. The fourth-order valence-electron chi connectivity index (χ4n) is 4.74. The smallest absolute Gasteiger partial charge is 0.458 e. The van der Waals surface area contributed by atoms with Gasteiger partial charge in [-0.15, -0.1) is 13.2 Å². The molecule has 1 fully saturated rings. The van der Waals surface area contributed by atoms with Crippen LogP contribution in [0.3, 0.4) is 0 Å². The molecule has 0 aliphatic carbocycles. The zero-order chi connectivity index (χ0) is 34.2. The summed E-state index contributed by atoms with van der Waals surface area (Å²) >= 11 is 0.